The molecule has 1 heterocycles. The summed E-state index contributed by atoms with van der Waals surface area (Å²) < 4.78 is 0. The Balaban J connectivity index is 1.60. The minimum Gasteiger partial charge on any atom is -0.508 e. The predicted molar refractivity (Wildman–Crippen MR) is 98.2 cm³/mol. The fraction of sp³-hybridized carbons (Fsp3) is 0.333. The van der Waals surface area contributed by atoms with Crippen molar-refractivity contribution in [2.24, 2.45) is 5.92 Å². The second-order valence-corrected chi connectivity index (χ2v) is 6.90. The lowest BCUT2D eigenvalue weighted by Crippen LogP contribution is -2.41. The molecule has 136 valence electrons. The summed E-state index contributed by atoms with van der Waals surface area (Å²) in [5, 5.41) is 18.5. The summed E-state index contributed by atoms with van der Waals surface area (Å²) in [7, 11) is 0. The van der Waals surface area contributed by atoms with Gasteiger partial charge in [0.25, 0.3) is 0 Å². The van der Waals surface area contributed by atoms with Crippen molar-refractivity contribution in [3.8, 4) is 5.75 Å². The molecule has 0 spiro atoms. The van der Waals surface area contributed by atoms with Gasteiger partial charge >= 0.3 is 5.97 Å². The van der Waals surface area contributed by atoms with Gasteiger partial charge in [0.1, 0.15) is 5.75 Å². The number of benzene rings is 2. The van der Waals surface area contributed by atoms with Crippen molar-refractivity contribution in [1.29, 1.82) is 0 Å². The number of likely N-dealkylation sites (tertiary alicyclic amines) is 1. The van der Waals surface area contributed by atoms with E-state index in [-0.39, 0.29) is 23.6 Å². The van der Waals surface area contributed by atoms with E-state index in [0.717, 1.165) is 43.5 Å². The fourth-order valence-corrected chi connectivity index (χ4v) is 3.52. The van der Waals surface area contributed by atoms with Crippen molar-refractivity contribution in [3.05, 3.63) is 65.2 Å². The van der Waals surface area contributed by atoms with Crippen molar-refractivity contribution < 1.29 is 19.8 Å². The van der Waals surface area contributed by atoms with E-state index >= 15 is 0 Å². The van der Waals surface area contributed by atoms with Crippen LogP contribution >= 0.6 is 0 Å². The molecule has 1 fully saturated rings. The highest BCUT2D eigenvalue weighted by molar-refractivity contribution is 5.88. The zero-order valence-electron chi connectivity index (χ0n) is 14.6. The first-order valence-electron chi connectivity index (χ1n) is 8.89. The lowest BCUT2D eigenvalue weighted by atomic mass is 9.91. The van der Waals surface area contributed by atoms with Crippen LogP contribution in [-0.4, -0.2) is 40.1 Å². The molecule has 5 nitrogen and oxygen atoms in total. The Kier molecular flexibility index (Phi) is 5.56. The first-order chi connectivity index (χ1) is 12.5. The van der Waals surface area contributed by atoms with Crippen molar-refractivity contribution >= 4 is 11.9 Å². The molecule has 1 saturated heterocycles. The molecular weight excluding hydrogens is 330 g/mol. The van der Waals surface area contributed by atoms with Gasteiger partial charge in [0, 0.05) is 13.1 Å². The van der Waals surface area contributed by atoms with Crippen LogP contribution in [0.4, 0.5) is 0 Å². The number of carbonyl (C=O) groups excluding carboxylic acids is 1. The van der Waals surface area contributed by atoms with Crippen LogP contribution in [0.5, 0.6) is 5.75 Å². The highest BCUT2D eigenvalue weighted by atomic mass is 16.4. The number of hydrogen-bond acceptors (Lipinski definition) is 3. The number of aromatic hydroxyl groups is 1. The molecule has 0 aromatic heterocycles. The average Bonchev–Trinajstić information content (AvgIpc) is 2.64. The first-order valence-corrected chi connectivity index (χ1v) is 8.89. The van der Waals surface area contributed by atoms with Crippen LogP contribution in [0, 0.1) is 5.92 Å². The molecule has 0 bridgehead atoms. The maximum absolute atomic E-state index is 12.6. The summed E-state index contributed by atoms with van der Waals surface area (Å²) in [6.45, 7) is 1.47. The number of hydrogen-bond donors (Lipinski definition) is 2. The van der Waals surface area contributed by atoms with E-state index in [1.165, 1.54) is 6.07 Å². The van der Waals surface area contributed by atoms with Gasteiger partial charge in [-0.15, -0.1) is 0 Å². The Bertz CT molecular complexity index is 785. The standard InChI is InChI=1S/C21H23NO4/c23-19-8-6-15(7-9-19)11-17-4-2-10-22(14-17)20(24)13-16-3-1-5-18(12-16)21(25)26/h1,3,5-9,12,17,23H,2,4,10-11,13-14H2,(H,25,26). The number of piperidine rings is 1. The molecule has 1 amide bonds. The molecule has 26 heavy (non-hydrogen) atoms. The number of carboxylic acids is 1. The van der Waals surface area contributed by atoms with Crippen LogP contribution in [0.1, 0.15) is 34.3 Å². The van der Waals surface area contributed by atoms with Crippen LogP contribution in [0.15, 0.2) is 48.5 Å². The minimum atomic E-state index is -0.980. The Morgan fingerprint density at radius 3 is 2.58 bits per heavy atom. The highest BCUT2D eigenvalue weighted by Gasteiger charge is 2.24. The number of nitrogens with zero attached hydrogens (tertiary/aromatic N) is 1. The smallest absolute Gasteiger partial charge is 0.335 e. The van der Waals surface area contributed by atoms with Crippen LogP contribution in [0.2, 0.25) is 0 Å². The molecule has 1 unspecified atom stereocenters. The Hall–Kier alpha value is -2.82. The van der Waals surface area contributed by atoms with Gasteiger partial charge in [0.05, 0.1) is 12.0 Å². The van der Waals surface area contributed by atoms with Gasteiger partial charge in [-0.25, -0.2) is 4.79 Å². The monoisotopic (exact) mass is 353 g/mol. The predicted octanol–water partition coefficient (Wildman–Crippen LogP) is 3.11. The normalized spacial score (nSPS) is 17.1. The van der Waals surface area contributed by atoms with Crippen molar-refractivity contribution in [2.45, 2.75) is 25.7 Å². The fourth-order valence-electron chi connectivity index (χ4n) is 3.52. The minimum absolute atomic E-state index is 0.0444. The molecule has 0 radical (unpaired) electrons. The zero-order chi connectivity index (χ0) is 18.5. The third-order valence-corrected chi connectivity index (χ3v) is 4.86. The number of carboxylic acid groups (broad SMARTS) is 1. The van der Waals surface area contributed by atoms with Gasteiger partial charge in [-0.3, -0.25) is 4.79 Å². The van der Waals surface area contributed by atoms with E-state index in [2.05, 4.69) is 0 Å². The second kappa shape index (κ2) is 8.04. The zero-order valence-corrected chi connectivity index (χ0v) is 14.6. The van der Waals surface area contributed by atoms with E-state index in [1.54, 1.807) is 30.3 Å². The summed E-state index contributed by atoms with van der Waals surface area (Å²) >= 11 is 0. The number of rotatable bonds is 5. The van der Waals surface area contributed by atoms with Crippen LogP contribution in [0.25, 0.3) is 0 Å². The van der Waals surface area contributed by atoms with Crippen molar-refractivity contribution in [1.82, 2.24) is 4.90 Å². The van der Waals surface area contributed by atoms with Gasteiger partial charge in [0.2, 0.25) is 5.91 Å². The lowest BCUT2D eigenvalue weighted by Gasteiger charge is -2.33. The third kappa shape index (κ3) is 4.63. The summed E-state index contributed by atoms with van der Waals surface area (Å²) in [5.74, 6) is -0.269. The van der Waals surface area contributed by atoms with Crippen molar-refractivity contribution in [3.63, 3.8) is 0 Å². The number of carbonyl (C=O) groups is 2. The van der Waals surface area contributed by atoms with Crippen molar-refractivity contribution in [2.75, 3.05) is 13.1 Å². The van der Waals surface area contributed by atoms with Crippen LogP contribution < -0.4 is 0 Å². The third-order valence-electron chi connectivity index (χ3n) is 4.86. The number of phenols is 1. The quantitative estimate of drug-likeness (QED) is 0.866. The molecule has 2 N–H and O–H groups in total. The van der Waals surface area contributed by atoms with Gasteiger partial charge in [-0.2, -0.15) is 0 Å². The Labute approximate surface area is 152 Å². The van der Waals surface area contributed by atoms with Gasteiger partial charge in [-0.1, -0.05) is 24.3 Å². The lowest BCUT2D eigenvalue weighted by molar-refractivity contribution is -0.132. The van der Waals surface area contributed by atoms with Crippen LogP contribution in [0.3, 0.4) is 0 Å². The maximum atomic E-state index is 12.6. The molecule has 2 aromatic rings. The number of amides is 1. The molecule has 0 saturated carbocycles. The summed E-state index contributed by atoms with van der Waals surface area (Å²) in [4.78, 5) is 25.6. The van der Waals surface area contributed by atoms with E-state index in [4.69, 9.17) is 5.11 Å². The SMILES string of the molecule is O=C(O)c1cccc(CC(=O)N2CCCC(Cc3ccc(O)cc3)C2)c1. The molecule has 3 rings (SSSR count). The maximum Gasteiger partial charge on any atom is 0.335 e. The average molecular weight is 353 g/mol. The van der Waals surface area contributed by atoms with Gasteiger partial charge in [0.15, 0.2) is 0 Å². The van der Waals surface area contributed by atoms with Gasteiger partial charge < -0.3 is 15.1 Å². The molecular formula is C21H23NO4. The molecule has 1 aliphatic heterocycles. The molecule has 2 aromatic carbocycles. The Morgan fingerprint density at radius 1 is 1.08 bits per heavy atom. The summed E-state index contributed by atoms with van der Waals surface area (Å²) in [6, 6.07) is 13.8. The molecule has 1 aliphatic rings. The topological polar surface area (TPSA) is 77.8 Å². The first kappa shape index (κ1) is 18.0. The van der Waals surface area contributed by atoms with Gasteiger partial charge in [-0.05, 0) is 60.6 Å². The highest BCUT2D eigenvalue weighted by Crippen LogP contribution is 2.22. The van der Waals surface area contributed by atoms with E-state index < -0.39 is 5.97 Å². The largest absolute Gasteiger partial charge is 0.508 e. The molecule has 1 atom stereocenters. The molecule has 5 heteroatoms. The van der Waals surface area contributed by atoms with E-state index in [1.807, 2.05) is 17.0 Å². The van der Waals surface area contributed by atoms with E-state index in [0.29, 0.717) is 5.92 Å². The van der Waals surface area contributed by atoms with Crippen LogP contribution in [-0.2, 0) is 17.6 Å². The number of aromatic carboxylic acids is 1. The molecule has 0 aliphatic carbocycles. The number of phenolic OH excluding ortho intramolecular Hbond substituents is 1. The Morgan fingerprint density at radius 2 is 1.85 bits per heavy atom. The van der Waals surface area contributed by atoms with E-state index in [9.17, 15) is 14.7 Å². The second-order valence-electron chi connectivity index (χ2n) is 6.90. The summed E-state index contributed by atoms with van der Waals surface area (Å²) in [6.07, 6.45) is 3.18. The summed E-state index contributed by atoms with van der Waals surface area (Å²) in [5.41, 5.74) is 2.10.